The first-order chi connectivity index (χ1) is 5.52. The van der Waals surface area contributed by atoms with Gasteiger partial charge in [-0.1, -0.05) is 11.6 Å². The van der Waals surface area contributed by atoms with Gasteiger partial charge in [0.1, 0.15) is 11.6 Å². The van der Waals surface area contributed by atoms with Gasteiger partial charge in [-0.15, -0.1) is 0 Å². The van der Waals surface area contributed by atoms with Crippen LogP contribution in [0.5, 0.6) is 0 Å². The summed E-state index contributed by atoms with van der Waals surface area (Å²) < 4.78 is 36.9. The number of benzene rings is 1. The van der Waals surface area contributed by atoms with Gasteiger partial charge in [0.2, 0.25) is 0 Å². The molecule has 0 saturated heterocycles. The van der Waals surface area contributed by atoms with Gasteiger partial charge in [-0.2, -0.15) is 4.39 Å². The first kappa shape index (κ1) is 9.06. The van der Waals surface area contributed by atoms with E-state index in [9.17, 15) is 18.0 Å². The molecule has 1 nitrogen and oxygen atoms in total. The second kappa shape index (κ2) is 3.15. The molecule has 0 N–H and O–H groups in total. The quantitative estimate of drug-likeness (QED) is 0.496. The smallest absolute Gasteiger partial charge is 0.255 e. The van der Waals surface area contributed by atoms with Crippen molar-refractivity contribution in [2.45, 2.75) is 0 Å². The molecule has 0 unspecified atom stereocenters. The molecule has 0 aliphatic heterocycles. The molecule has 1 aromatic rings. The molecular weight excluding hydrogens is 193 g/mol. The van der Waals surface area contributed by atoms with Crippen LogP contribution in [-0.2, 0) is 0 Å². The number of hydrogen-bond acceptors (Lipinski definition) is 1. The fourth-order valence-corrected chi connectivity index (χ4v) is 0.837. The van der Waals surface area contributed by atoms with E-state index >= 15 is 0 Å². The lowest BCUT2D eigenvalue weighted by molar-refractivity contribution is 0.0831. The van der Waals surface area contributed by atoms with Crippen LogP contribution in [0, 0.1) is 11.6 Å². The zero-order valence-corrected chi connectivity index (χ0v) is 6.33. The molecule has 64 valence electrons. The molecule has 1 aromatic carbocycles. The lowest BCUT2D eigenvalue weighted by Crippen LogP contribution is -1.96. The molecule has 0 fully saturated rings. The number of carbonyl (C=O) groups is 1. The molecule has 12 heavy (non-hydrogen) atoms. The summed E-state index contributed by atoms with van der Waals surface area (Å²) in [4.78, 5) is 10.0. The minimum atomic E-state index is -1.98. The lowest BCUT2D eigenvalue weighted by Gasteiger charge is -1.97. The highest BCUT2D eigenvalue weighted by atomic mass is 35.5. The SMILES string of the molecule is O=C(F)c1cc(Cl)c(F)cc1F. The number of halogens is 4. The summed E-state index contributed by atoms with van der Waals surface area (Å²) in [6, 6.07) is -1.02. The van der Waals surface area contributed by atoms with Gasteiger partial charge in [0.05, 0.1) is 10.6 Å². The Labute approximate surface area is 70.8 Å². The third kappa shape index (κ3) is 1.58. The molecule has 0 bridgehead atoms. The predicted octanol–water partition coefficient (Wildman–Crippen LogP) is 2.73. The maximum Gasteiger partial charge on any atom is 0.335 e. The van der Waals surface area contributed by atoms with Crippen molar-refractivity contribution in [3.05, 3.63) is 34.4 Å². The third-order valence-corrected chi connectivity index (χ3v) is 1.51. The highest BCUT2D eigenvalue weighted by Gasteiger charge is 2.14. The number of rotatable bonds is 1. The minimum absolute atomic E-state index is 0.356. The second-order valence-electron chi connectivity index (χ2n) is 2.02. The van der Waals surface area contributed by atoms with Crippen LogP contribution in [0.4, 0.5) is 13.2 Å². The highest BCUT2D eigenvalue weighted by Crippen LogP contribution is 2.19. The van der Waals surface area contributed by atoms with Gasteiger partial charge in [-0.05, 0) is 6.07 Å². The van der Waals surface area contributed by atoms with Crippen LogP contribution in [0.3, 0.4) is 0 Å². The average Bonchev–Trinajstić information content (AvgIpc) is 1.96. The molecule has 0 radical (unpaired) electrons. The average molecular weight is 195 g/mol. The minimum Gasteiger partial charge on any atom is -0.255 e. The van der Waals surface area contributed by atoms with Crippen LogP contribution in [0.15, 0.2) is 12.1 Å². The van der Waals surface area contributed by atoms with Crippen molar-refractivity contribution in [3.63, 3.8) is 0 Å². The van der Waals surface area contributed by atoms with Crippen LogP contribution in [0.2, 0.25) is 5.02 Å². The molecule has 0 amide bonds. The largest absolute Gasteiger partial charge is 0.335 e. The van der Waals surface area contributed by atoms with Crippen molar-refractivity contribution in [3.8, 4) is 0 Å². The third-order valence-electron chi connectivity index (χ3n) is 1.22. The maximum absolute atomic E-state index is 12.5. The Hall–Kier alpha value is -1.03. The van der Waals surface area contributed by atoms with E-state index in [1.807, 2.05) is 0 Å². The molecule has 0 spiro atoms. The van der Waals surface area contributed by atoms with Crippen LogP contribution < -0.4 is 0 Å². The highest BCUT2D eigenvalue weighted by molar-refractivity contribution is 6.31. The topological polar surface area (TPSA) is 17.1 Å². The van der Waals surface area contributed by atoms with E-state index in [-0.39, 0.29) is 0 Å². The molecule has 0 aromatic heterocycles. The molecule has 5 heteroatoms. The van der Waals surface area contributed by atoms with Crippen molar-refractivity contribution in [1.82, 2.24) is 0 Å². The van der Waals surface area contributed by atoms with Crippen LogP contribution in [-0.4, -0.2) is 6.04 Å². The van der Waals surface area contributed by atoms with Crippen molar-refractivity contribution < 1.29 is 18.0 Å². The Morgan fingerprint density at radius 1 is 1.25 bits per heavy atom. The summed E-state index contributed by atoms with van der Waals surface area (Å²) in [5.41, 5.74) is -0.860. The van der Waals surface area contributed by atoms with E-state index in [1.54, 1.807) is 0 Å². The molecule has 1 rings (SSSR count). The Balaban J connectivity index is 3.33. The summed E-state index contributed by atoms with van der Waals surface area (Å²) in [6.07, 6.45) is 0. The lowest BCUT2D eigenvalue weighted by atomic mass is 10.2. The Morgan fingerprint density at radius 2 is 1.83 bits per heavy atom. The van der Waals surface area contributed by atoms with Gasteiger partial charge in [0.15, 0.2) is 0 Å². The normalized spacial score (nSPS) is 10.0. The van der Waals surface area contributed by atoms with Gasteiger partial charge in [-0.25, -0.2) is 8.78 Å². The fourth-order valence-electron chi connectivity index (χ4n) is 0.673. The zero-order valence-electron chi connectivity index (χ0n) is 5.57. The molecule has 0 aliphatic rings. The second-order valence-corrected chi connectivity index (χ2v) is 2.43. The predicted molar refractivity (Wildman–Crippen MR) is 36.8 cm³/mol. The summed E-state index contributed by atoms with van der Waals surface area (Å²) in [6.45, 7) is 0. The van der Waals surface area contributed by atoms with Crippen LogP contribution in [0.1, 0.15) is 10.4 Å². The summed E-state index contributed by atoms with van der Waals surface area (Å²) in [5.74, 6) is -2.29. The van der Waals surface area contributed by atoms with Gasteiger partial charge >= 0.3 is 6.04 Å². The first-order valence-electron chi connectivity index (χ1n) is 2.86. The summed E-state index contributed by atoms with van der Waals surface area (Å²) >= 11 is 5.17. The molecule has 0 aliphatic carbocycles. The molecule has 0 atom stereocenters. The fraction of sp³-hybridized carbons (Fsp3) is 0. The van der Waals surface area contributed by atoms with Crippen molar-refractivity contribution in [2.24, 2.45) is 0 Å². The number of hydrogen-bond donors (Lipinski definition) is 0. The van der Waals surface area contributed by atoms with Crippen LogP contribution in [0.25, 0.3) is 0 Å². The Kier molecular flexibility index (Phi) is 2.38. The van der Waals surface area contributed by atoms with Gasteiger partial charge in [0, 0.05) is 6.07 Å². The van der Waals surface area contributed by atoms with E-state index in [0.29, 0.717) is 12.1 Å². The van der Waals surface area contributed by atoms with Crippen molar-refractivity contribution in [1.29, 1.82) is 0 Å². The van der Waals surface area contributed by atoms with Crippen molar-refractivity contribution >= 4 is 17.6 Å². The van der Waals surface area contributed by atoms with Crippen LogP contribution >= 0.6 is 11.6 Å². The van der Waals surface area contributed by atoms with Gasteiger partial charge < -0.3 is 0 Å². The molecular formula is C7H2ClF3O. The maximum atomic E-state index is 12.5. The van der Waals surface area contributed by atoms with Gasteiger partial charge in [-0.3, -0.25) is 4.79 Å². The first-order valence-corrected chi connectivity index (χ1v) is 3.24. The van der Waals surface area contributed by atoms with Gasteiger partial charge in [0.25, 0.3) is 0 Å². The molecule has 0 heterocycles. The standard InChI is InChI=1S/C7H2ClF3O/c8-4-1-3(7(11)12)5(9)2-6(4)10/h1-2H. The van der Waals surface area contributed by atoms with Crippen molar-refractivity contribution in [2.75, 3.05) is 0 Å². The summed E-state index contributed by atoms with van der Waals surface area (Å²) in [5, 5.41) is -0.489. The van der Waals surface area contributed by atoms with E-state index < -0.39 is 28.3 Å². The molecule has 0 saturated carbocycles. The van der Waals surface area contributed by atoms with E-state index in [1.165, 1.54) is 0 Å². The Bertz CT molecular complexity index is 338. The van der Waals surface area contributed by atoms with E-state index in [4.69, 9.17) is 11.6 Å². The summed E-state index contributed by atoms with van der Waals surface area (Å²) in [7, 11) is 0. The Morgan fingerprint density at radius 3 is 2.33 bits per heavy atom. The van der Waals surface area contributed by atoms with E-state index in [0.717, 1.165) is 0 Å². The number of carbonyl (C=O) groups excluding carboxylic acids is 1. The monoisotopic (exact) mass is 194 g/mol. The van der Waals surface area contributed by atoms with E-state index in [2.05, 4.69) is 0 Å². The zero-order chi connectivity index (χ0) is 9.30.